The Morgan fingerprint density at radius 3 is 2.23 bits per heavy atom. The minimum Gasteiger partial charge on any atom is -0.469 e. The van der Waals surface area contributed by atoms with Crippen molar-refractivity contribution in [2.24, 2.45) is 5.92 Å². The molecular weight excluding hydrogens is 406 g/mol. The number of amides is 3. The summed E-state index contributed by atoms with van der Waals surface area (Å²) in [5, 5.41) is 7.66. The molecule has 3 N–H and O–H groups in total. The molecule has 0 saturated carbocycles. The summed E-state index contributed by atoms with van der Waals surface area (Å²) in [6.45, 7) is 1.59. The standard InChI is InChI=1S/C21H27N3O7/c1-12(9-17(26)30-2)18(21(29)31-3)24-16(25)11-15-20(28)22-14(19(27)23-15)10-13-7-5-4-6-8-13/h4-8,12,14-15,18H,9-11H2,1-3H3,(H,22,28)(H,23,27)(H,24,25)/t12-,14+,15+,18+/m1/s1. The number of esters is 2. The van der Waals surface area contributed by atoms with Crippen LogP contribution in [-0.2, 0) is 39.9 Å². The number of methoxy groups -OCH3 is 2. The maximum absolute atomic E-state index is 12.5. The summed E-state index contributed by atoms with van der Waals surface area (Å²) < 4.78 is 9.28. The van der Waals surface area contributed by atoms with E-state index in [2.05, 4.69) is 20.7 Å². The fraction of sp³-hybridized carbons (Fsp3) is 0.476. The van der Waals surface area contributed by atoms with E-state index in [1.54, 1.807) is 6.92 Å². The summed E-state index contributed by atoms with van der Waals surface area (Å²) >= 11 is 0. The number of carbonyl (C=O) groups excluding carboxylic acids is 5. The minimum absolute atomic E-state index is 0.113. The van der Waals surface area contributed by atoms with Gasteiger partial charge in [-0.2, -0.15) is 0 Å². The molecule has 0 aliphatic carbocycles. The number of hydrogen-bond donors (Lipinski definition) is 3. The summed E-state index contributed by atoms with van der Waals surface area (Å²) in [4.78, 5) is 60.8. The smallest absolute Gasteiger partial charge is 0.328 e. The van der Waals surface area contributed by atoms with E-state index in [1.165, 1.54) is 7.11 Å². The van der Waals surface area contributed by atoms with E-state index in [0.717, 1.165) is 12.7 Å². The number of rotatable bonds is 9. The monoisotopic (exact) mass is 433 g/mol. The van der Waals surface area contributed by atoms with Gasteiger partial charge in [0.1, 0.15) is 18.1 Å². The topological polar surface area (TPSA) is 140 Å². The van der Waals surface area contributed by atoms with Gasteiger partial charge < -0.3 is 25.4 Å². The molecule has 0 unspecified atom stereocenters. The molecule has 2 rings (SSSR count). The van der Waals surface area contributed by atoms with E-state index in [1.807, 2.05) is 30.3 Å². The molecule has 1 aromatic carbocycles. The molecular formula is C21H27N3O7. The van der Waals surface area contributed by atoms with Crippen LogP contribution in [0.1, 0.15) is 25.3 Å². The summed E-state index contributed by atoms with van der Waals surface area (Å²) in [6.07, 6.45) is -0.154. The van der Waals surface area contributed by atoms with Crippen LogP contribution in [0.4, 0.5) is 0 Å². The highest BCUT2D eigenvalue weighted by Gasteiger charge is 2.36. The molecule has 10 heteroatoms. The van der Waals surface area contributed by atoms with E-state index in [4.69, 9.17) is 4.74 Å². The molecule has 4 atom stereocenters. The molecule has 1 aliphatic heterocycles. The number of benzene rings is 1. The number of ether oxygens (including phenoxy) is 2. The SMILES string of the molecule is COC(=O)C[C@@H](C)[C@H](NC(=O)C[C@@H]1NC(=O)[C@H](Cc2ccccc2)NC1=O)C(=O)OC. The van der Waals surface area contributed by atoms with Gasteiger partial charge >= 0.3 is 11.9 Å². The van der Waals surface area contributed by atoms with Gasteiger partial charge in [0, 0.05) is 6.42 Å². The lowest BCUT2D eigenvalue weighted by Crippen LogP contribution is -2.63. The predicted molar refractivity (Wildman–Crippen MR) is 108 cm³/mol. The molecule has 1 saturated heterocycles. The molecule has 1 heterocycles. The Morgan fingerprint density at radius 2 is 1.61 bits per heavy atom. The first kappa shape index (κ1) is 23.8. The maximum atomic E-state index is 12.5. The second kappa shape index (κ2) is 11.1. The highest BCUT2D eigenvalue weighted by molar-refractivity contribution is 5.99. The Morgan fingerprint density at radius 1 is 1.00 bits per heavy atom. The average molecular weight is 433 g/mol. The van der Waals surface area contributed by atoms with Crippen LogP contribution >= 0.6 is 0 Å². The molecule has 10 nitrogen and oxygen atoms in total. The third kappa shape index (κ3) is 6.80. The third-order valence-electron chi connectivity index (χ3n) is 5.00. The zero-order valence-corrected chi connectivity index (χ0v) is 17.7. The largest absolute Gasteiger partial charge is 0.469 e. The van der Waals surface area contributed by atoms with Crippen molar-refractivity contribution in [3.63, 3.8) is 0 Å². The first-order chi connectivity index (χ1) is 14.7. The second-order valence-corrected chi connectivity index (χ2v) is 7.34. The predicted octanol–water partition coefficient (Wildman–Crippen LogP) is -0.541. The molecule has 0 bridgehead atoms. The molecule has 0 radical (unpaired) electrons. The molecule has 168 valence electrons. The van der Waals surface area contributed by atoms with E-state index in [-0.39, 0.29) is 12.8 Å². The lowest BCUT2D eigenvalue weighted by molar-refractivity contribution is -0.148. The molecule has 1 aromatic rings. The summed E-state index contributed by atoms with van der Waals surface area (Å²) in [5.74, 6) is -3.41. The van der Waals surface area contributed by atoms with Gasteiger partial charge in [0.05, 0.1) is 27.1 Å². The van der Waals surface area contributed by atoms with Crippen LogP contribution in [0.15, 0.2) is 30.3 Å². The van der Waals surface area contributed by atoms with Gasteiger partial charge in [-0.3, -0.25) is 19.2 Å². The third-order valence-corrected chi connectivity index (χ3v) is 5.00. The average Bonchev–Trinajstić information content (AvgIpc) is 2.75. The van der Waals surface area contributed by atoms with Crippen molar-refractivity contribution in [1.29, 1.82) is 0 Å². The van der Waals surface area contributed by atoms with Gasteiger partial charge in [0.2, 0.25) is 17.7 Å². The van der Waals surface area contributed by atoms with Crippen LogP contribution in [-0.4, -0.2) is 62.0 Å². The molecule has 1 aliphatic rings. The lowest BCUT2D eigenvalue weighted by Gasteiger charge is -2.30. The van der Waals surface area contributed by atoms with Crippen molar-refractivity contribution in [1.82, 2.24) is 16.0 Å². The quantitative estimate of drug-likeness (QED) is 0.444. The van der Waals surface area contributed by atoms with Crippen LogP contribution in [0.25, 0.3) is 0 Å². The summed E-state index contributed by atoms with van der Waals surface area (Å²) in [6, 6.07) is 6.30. The van der Waals surface area contributed by atoms with Gasteiger partial charge in [-0.1, -0.05) is 37.3 Å². The summed E-state index contributed by atoms with van der Waals surface area (Å²) in [5.41, 5.74) is 0.889. The van der Waals surface area contributed by atoms with E-state index in [0.29, 0.717) is 6.42 Å². The van der Waals surface area contributed by atoms with Crippen molar-refractivity contribution >= 4 is 29.7 Å². The minimum atomic E-state index is -1.11. The molecule has 0 spiro atoms. The molecule has 0 aromatic heterocycles. The van der Waals surface area contributed by atoms with Gasteiger partial charge in [-0.15, -0.1) is 0 Å². The molecule has 31 heavy (non-hydrogen) atoms. The van der Waals surface area contributed by atoms with Crippen LogP contribution in [0.5, 0.6) is 0 Å². The number of carbonyl (C=O) groups is 5. The van der Waals surface area contributed by atoms with Crippen molar-refractivity contribution in [3.05, 3.63) is 35.9 Å². The molecule has 1 fully saturated rings. The highest BCUT2D eigenvalue weighted by atomic mass is 16.5. The first-order valence-corrected chi connectivity index (χ1v) is 9.83. The second-order valence-electron chi connectivity index (χ2n) is 7.34. The van der Waals surface area contributed by atoms with E-state index in [9.17, 15) is 24.0 Å². The Labute approximate surface area is 180 Å². The zero-order chi connectivity index (χ0) is 23.0. The van der Waals surface area contributed by atoms with Crippen molar-refractivity contribution < 1.29 is 33.4 Å². The highest BCUT2D eigenvalue weighted by Crippen LogP contribution is 2.13. The van der Waals surface area contributed by atoms with Crippen LogP contribution in [0, 0.1) is 5.92 Å². The first-order valence-electron chi connectivity index (χ1n) is 9.83. The number of nitrogens with one attached hydrogen (secondary N) is 3. The Hall–Kier alpha value is -3.43. The van der Waals surface area contributed by atoms with Crippen molar-refractivity contribution in [2.75, 3.05) is 14.2 Å². The molecule has 3 amide bonds. The van der Waals surface area contributed by atoms with Crippen LogP contribution in [0.2, 0.25) is 0 Å². The summed E-state index contributed by atoms with van der Waals surface area (Å²) in [7, 11) is 2.38. The fourth-order valence-corrected chi connectivity index (χ4v) is 3.26. The van der Waals surface area contributed by atoms with Gasteiger partial charge in [-0.25, -0.2) is 4.79 Å². The normalized spacial score (nSPS) is 20.0. The fourth-order valence-electron chi connectivity index (χ4n) is 3.26. The Balaban J connectivity index is 1.95. The van der Waals surface area contributed by atoms with Crippen LogP contribution in [0.3, 0.4) is 0 Å². The Bertz CT molecular complexity index is 828. The van der Waals surface area contributed by atoms with Gasteiger partial charge in [0.25, 0.3) is 0 Å². The lowest BCUT2D eigenvalue weighted by atomic mass is 9.97. The number of hydrogen-bond acceptors (Lipinski definition) is 7. The van der Waals surface area contributed by atoms with E-state index < -0.39 is 53.7 Å². The zero-order valence-electron chi connectivity index (χ0n) is 17.7. The van der Waals surface area contributed by atoms with Crippen molar-refractivity contribution in [2.45, 2.75) is 44.3 Å². The van der Waals surface area contributed by atoms with Gasteiger partial charge in [0.15, 0.2) is 0 Å². The van der Waals surface area contributed by atoms with E-state index >= 15 is 0 Å². The van der Waals surface area contributed by atoms with Crippen LogP contribution < -0.4 is 16.0 Å². The van der Waals surface area contributed by atoms with Crippen molar-refractivity contribution in [3.8, 4) is 0 Å². The maximum Gasteiger partial charge on any atom is 0.328 e. The Kier molecular flexibility index (Phi) is 8.53. The number of piperazine rings is 1. The van der Waals surface area contributed by atoms with Gasteiger partial charge in [-0.05, 0) is 11.5 Å².